The Labute approximate surface area is 141 Å². The number of hydrogen-bond donors (Lipinski definition) is 2. The molecule has 0 heterocycles. The first-order valence-corrected chi connectivity index (χ1v) is 9.06. The molecule has 1 aromatic rings. The Hall–Kier alpha value is -1.55. The second-order valence-electron chi connectivity index (χ2n) is 5.95. The summed E-state index contributed by atoms with van der Waals surface area (Å²) in [5.41, 5.74) is 3.17. The summed E-state index contributed by atoms with van der Waals surface area (Å²) in [6.07, 6.45) is 12.9. The van der Waals surface area contributed by atoms with Gasteiger partial charge in [-0.25, -0.2) is 10.3 Å². The third kappa shape index (κ3) is 11.6. The molecule has 0 radical (unpaired) electrons. The third-order valence-electron chi connectivity index (χ3n) is 3.80. The van der Waals surface area contributed by atoms with Crippen LogP contribution in [0.25, 0.3) is 0 Å². The number of anilines is 1. The first-order chi connectivity index (χ1) is 11.3. The van der Waals surface area contributed by atoms with Crippen LogP contribution in [0.15, 0.2) is 30.3 Å². The van der Waals surface area contributed by atoms with Gasteiger partial charge in [0.05, 0.1) is 6.61 Å². The first-order valence-electron chi connectivity index (χ1n) is 9.06. The normalized spacial score (nSPS) is 10.5. The highest BCUT2D eigenvalue weighted by Gasteiger charge is 2.00. The molecule has 0 fully saturated rings. The number of unbranched alkanes of at least 4 members (excludes halogenated alkanes) is 9. The number of nitrogens with one attached hydrogen (secondary N) is 2. The van der Waals surface area contributed by atoms with Gasteiger partial charge in [0.1, 0.15) is 0 Å². The minimum absolute atomic E-state index is 0.330. The average molecular weight is 320 g/mol. The minimum atomic E-state index is -0.330. The molecule has 130 valence electrons. The summed E-state index contributed by atoms with van der Waals surface area (Å²) in [6, 6.07) is 9.00. The molecule has 23 heavy (non-hydrogen) atoms. The SMILES string of the molecule is CCCCCCCCCCCCONC(=O)Nc1ccccc1. The quantitative estimate of drug-likeness (QED) is 0.364. The lowest BCUT2D eigenvalue weighted by atomic mass is 10.1. The second kappa shape index (κ2) is 14.1. The molecule has 1 rings (SSSR count). The fourth-order valence-corrected chi connectivity index (χ4v) is 2.46. The molecule has 2 amide bonds. The van der Waals surface area contributed by atoms with Gasteiger partial charge in [-0.3, -0.25) is 4.84 Å². The van der Waals surface area contributed by atoms with E-state index in [0.29, 0.717) is 6.61 Å². The molecule has 0 aliphatic carbocycles. The van der Waals surface area contributed by atoms with Gasteiger partial charge in [0.2, 0.25) is 0 Å². The van der Waals surface area contributed by atoms with Gasteiger partial charge in [-0.15, -0.1) is 0 Å². The molecule has 4 nitrogen and oxygen atoms in total. The van der Waals surface area contributed by atoms with Gasteiger partial charge in [0.25, 0.3) is 0 Å². The zero-order valence-electron chi connectivity index (χ0n) is 14.5. The largest absolute Gasteiger partial charge is 0.343 e. The first kappa shape index (κ1) is 19.5. The molecule has 0 aliphatic heterocycles. The van der Waals surface area contributed by atoms with E-state index < -0.39 is 0 Å². The number of rotatable bonds is 13. The molecule has 0 unspecified atom stereocenters. The van der Waals surface area contributed by atoms with Crippen molar-refractivity contribution < 1.29 is 9.63 Å². The topological polar surface area (TPSA) is 50.4 Å². The van der Waals surface area contributed by atoms with E-state index in [1.54, 1.807) is 0 Å². The van der Waals surface area contributed by atoms with E-state index in [-0.39, 0.29) is 6.03 Å². The van der Waals surface area contributed by atoms with E-state index in [1.165, 1.54) is 51.4 Å². The average Bonchev–Trinajstić information content (AvgIpc) is 2.57. The molecule has 0 aromatic heterocycles. The smallest absolute Gasteiger partial charge is 0.306 e. The summed E-state index contributed by atoms with van der Waals surface area (Å²) in [6.45, 7) is 2.82. The lowest BCUT2D eigenvalue weighted by Crippen LogP contribution is -2.29. The van der Waals surface area contributed by atoms with Crippen molar-refractivity contribution in [2.75, 3.05) is 11.9 Å². The summed E-state index contributed by atoms with van der Waals surface area (Å²) in [4.78, 5) is 16.7. The van der Waals surface area contributed by atoms with Crippen LogP contribution in [0, 0.1) is 0 Å². The van der Waals surface area contributed by atoms with Crippen LogP contribution in [0.1, 0.15) is 71.1 Å². The van der Waals surface area contributed by atoms with Crippen molar-refractivity contribution >= 4 is 11.7 Å². The Balaban J connectivity index is 1.83. The van der Waals surface area contributed by atoms with Crippen LogP contribution in [-0.4, -0.2) is 12.6 Å². The van der Waals surface area contributed by atoms with Gasteiger partial charge in [-0.1, -0.05) is 82.9 Å². The molecule has 0 aliphatic rings. The number of hydrogen-bond acceptors (Lipinski definition) is 2. The van der Waals surface area contributed by atoms with Crippen LogP contribution >= 0.6 is 0 Å². The Morgan fingerprint density at radius 1 is 0.870 bits per heavy atom. The molecular formula is C19H32N2O2. The molecule has 0 saturated heterocycles. The molecule has 0 spiro atoms. The number of amides is 2. The Morgan fingerprint density at radius 2 is 1.43 bits per heavy atom. The number of urea groups is 1. The summed E-state index contributed by atoms with van der Waals surface area (Å²) in [7, 11) is 0. The van der Waals surface area contributed by atoms with Gasteiger partial charge in [0.15, 0.2) is 0 Å². The number of hydroxylamine groups is 1. The van der Waals surface area contributed by atoms with E-state index >= 15 is 0 Å². The Kier molecular flexibility index (Phi) is 11.9. The zero-order chi connectivity index (χ0) is 16.6. The van der Waals surface area contributed by atoms with Gasteiger partial charge in [-0.05, 0) is 18.6 Å². The van der Waals surface area contributed by atoms with E-state index in [2.05, 4.69) is 17.7 Å². The van der Waals surface area contributed by atoms with Crippen LogP contribution in [0.2, 0.25) is 0 Å². The van der Waals surface area contributed by atoms with Gasteiger partial charge in [-0.2, -0.15) is 0 Å². The second-order valence-corrected chi connectivity index (χ2v) is 5.95. The van der Waals surface area contributed by atoms with Crippen LogP contribution in [-0.2, 0) is 4.84 Å². The summed E-state index contributed by atoms with van der Waals surface area (Å²) >= 11 is 0. The van der Waals surface area contributed by atoms with E-state index in [4.69, 9.17) is 4.84 Å². The number of para-hydroxylation sites is 1. The van der Waals surface area contributed by atoms with E-state index in [1.807, 2.05) is 30.3 Å². The molecule has 2 N–H and O–H groups in total. The fraction of sp³-hybridized carbons (Fsp3) is 0.632. The van der Waals surface area contributed by atoms with Crippen molar-refractivity contribution in [2.45, 2.75) is 71.1 Å². The molecule has 1 aromatic carbocycles. The Bertz CT molecular complexity index is 396. The standard InChI is InChI=1S/C19H32N2O2/c1-2-3-4-5-6-7-8-9-10-14-17-23-21-19(22)20-18-15-12-11-13-16-18/h11-13,15-16H,2-10,14,17H2,1H3,(H2,20,21,22). The zero-order valence-corrected chi connectivity index (χ0v) is 14.5. The van der Waals surface area contributed by atoms with Crippen LogP contribution in [0.5, 0.6) is 0 Å². The molecule has 0 atom stereocenters. The number of benzene rings is 1. The van der Waals surface area contributed by atoms with Crippen molar-refractivity contribution in [3.63, 3.8) is 0 Å². The highest BCUT2D eigenvalue weighted by Crippen LogP contribution is 2.10. The van der Waals surface area contributed by atoms with Crippen molar-refractivity contribution in [1.82, 2.24) is 5.48 Å². The predicted octanol–water partition coefficient (Wildman–Crippen LogP) is 5.66. The van der Waals surface area contributed by atoms with Crippen LogP contribution in [0.4, 0.5) is 10.5 Å². The highest BCUT2D eigenvalue weighted by atomic mass is 16.7. The summed E-state index contributed by atoms with van der Waals surface area (Å²) < 4.78 is 0. The monoisotopic (exact) mass is 320 g/mol. The molecular weight excluding hydrogens is 288 g/mol. The minimum Gasteiger partial charge on any atom is -0.306 e. The predicted molar refractivity (Wildman–Crippen MR) is 96.4 cm³/mol. The Morgan fingerprint density at radius 3 is 2.04 bits per heavy atom. The molecule has 0 saturated carbocycles. The van der Waals surface area contributed by atoms with Gasteiger partial charge in [0, 0.05) is 5.69 Å². The number of carbonyl (C=O) groups excluding carboxylic acids is 1. The van der Waals surface area contributed by atoms with Crippen molar-refractivity contribution in [2.24, 2.45) is 0 Å². The number of carbonyl (C=O) groups is 1. The van der Waals surface area contributed by atoms with E-state index in [0.717, 1.165) is 18.5 Å². The summed E-state index contributed by atoms with van der Waals surface area (Å²) in [5, 5.41) is 2.71. The lowest BCUT2D eigenvalue weighted by Gasteiger charge is -2.07. The fourth-order valence-electron chi connectivity index (χ4n) is 2.46. The van der Waals surface area contributed by atoms with Crippen LogP contribution < -0.4 is 10.8 Å². The summed E-state index contributed by atoms with van der Waals surface area (Å²) in [5.74, 6) is 0. The van der Waals surface area contributed by atoms with Gasteiger partial charge >= 0.3 is 6.03 Å². The van der Waals surface area contributed by atoms with Crippen LogP contribution in [0.3, 0.4) is 0 Å². The maximum Gasteiger partial charge on any atom is 0.343 e. The van der Waals surface area contributed by atoms with Gasteiger partial charge < -0.3 is 5.32 Å². The highest BCUT2D eigenvalue weighted by molar-refractivity contribution is 5.88. The maximum absolute atomic E-state index is 11.5. The lowest BCUT2D eigenvalue weighted by molar-refractivity contribution is 0.0631. The molecule has 4 heteroatoms. The maximum atomic E-state index is 11.5. The van der Waals surface area contributed by atoms with Crippen molar-refractivity contribution in [1.29, 1.82) is 0 Å². The van der Waals surface area contributed by atoms with Crippen molar-refractivity contribution in [3.05, 3.63) is 30.3 Å². The van der Waals surface area contributed by atoms with E-state index in [9.17, 15) is 4.79 Å². The third-order valence-corrected chi connectivity index (χ3v) is 3.80. The molecule has 0 bridgehead atoms. The van der Waals surface area contributed by atoms with Crippen molar-refractivity contribution in [3.8, 4) is 0 Å².